The van der Waals surface area contributed by atoms with E-state index in [2.05, 4.69) is 19.2 Å². The lowest BCUT2D eigenvalue weighted by Crippen LogP contribution is -2.42. The number of nitrogens with one attached hydrogen (secondary N) is 1. The smallest absolute Gasteiger partial charge is 0.243 e. The second-order valence-corrected chi connectivity index (χ2v) is 8.53. The number of benzene rings is 1. The summed E-state index contributed by atoms with van der Waals surface area (Å²) < 4.78 is 27.1. The zero-order valence-electron chi connectivity index (χ0n) is 14.1. The second-order valence-electron chi connectivity index (χ2n) is 6.59. The summed E-state index contributed by atoms with van der Waals surface area (Å²) in [4.78, 5) is 11.9. The van der Waals surface area contributed by atoms with Crippen LogP contribution < -0.4 is 5.32 Å². The molecule has 1 aliphatic rings. The van der Waals surface area contributed by atoms with Crippen molar-refractivity contribution in [2.24, 2.45) is 11.8 Å². The van der Waals surface area contributed by atoms with Gasteiger partial charge in [0, 0.05) is 25.2 Å². The van der Waals surface area contributed by atoms with Crippen molar-refractivity contribution in [2.45, 2.75) is 44.9 Å². The number of amides is 1. The van der Waals surface area contributed by atoms with Crippen LogP contribution in [0.2, 0.25) is 0 Å². The number of hydrogen-bond acceptors (Lipinski definition) is 3. The fraction of sp³-hybridized carbons (Fsp3) is 0.588. The van der Waals surface area contributed by atoms with Crippen LogP contribution >= 0.6 is 0 Å². The van der Waals surface area contributed by atoms with Crippen LogP contribution in [-0.4, -0.2) is 31.7 Å². The number of hydrogen-bond donors (Lipinski definition) is 1. The first-order chi connectivity index (χ1) is 10.8. The number of carbonyl (C=O) groups excluding carboxylic acids is 1. The Morgan fingerprint density at radius 3 is 2.26 bits per heavy atom. The molecular weight excluding hydrogens is 312 g/mol. The van der Waals surface area contributed by atoms with Crippen molar-refractivity contribution >= 4 is 21.6 Å². The van der Waals surface area contributed by atoms with Gasteiger partial charge in [-0.1, -0.05) is 20.8 Å². The highest BCUT2D eigenvalue weighted by molar-refractivity contribution is 7.89. The van der Waals surface area contributed by atoms with Gasteiger partial charge in [-0.25, -0.2) is 8.42 Å². The predicted molar refractivity (Wildman–Crippen MR) is 91.7 cm³/mol. The van der Waals surface area contributed by atoms with Crippen LogP contribution in [0.25, 0.3) is 0 Å². The minimum Gasteiger partial charge on any atom is -0.326 e. The molecule has 0 aromatic heterocycles. The molecule has 1 fully saturated rings. The fourth-order valence-corrected chi connectivity index (χ4v) is 4.79. The minimum absolute atomic E-state index is 0.0539. The van der Waals surface area contributed by atoms with E-state index in [1.54, 1.807) is 28.6 Å². The van der Waals surface area contributed by atoms with Crippen LogP contribution in [0.3, 0.4) is 0 Å². The van der Waals surface area contributed by atoms with Gasteiger partial charge in [0.1, 0.15) is 0 Å². The van der Waals surface area contributed by atoms with Gasteiger partial charge in [-0.2, -0.15) is 4.31 Å². The topological polar surface area (TPSA) is 66.5 Å². The normalized spacial score (nSPS) is 22.7. The molecule has 0 unspecified atom stereocenters. The Bertz CT molecular complexity index is 630. The summed E-state index contributed by atoms with van der Waals surface area (Å²) in [5.74, 6) is 0.698. The third kappa shape index (κ3) is 4.54. The average molecular weight is 338 g/mol. The third-order valence-electron chi connectivity index (χ3n) is 4.09. The Labute approximate surface area is 139 Å². The summed E-state index contributed by atoms with van der Waals surface area (Å²) in [5.41, 5.74) is 0.628. The lowest BCUT2D eigenvalue weighted by atomic mass is 9.94. The molecule has 0 aliphatic carbocycles. The molecule has 0 saturated carbocycles. The molecule has 128 valence electrons. The van der Waals surface area contributed by atoms with Gasteiger partial charge in [0.05, 0.1) is 4.90 Å². The maximum Gasteiger partial charge on any atom is 0.243 e. The quantitative estimate of drug-likeness (QED) is 0.897. The van der Waals surface area contributed by atoms with E-state index in [0.717, 1.165) is 12.8 Å². The SMILES string of the molecule is CCCC(=O)Nc1ccc(S(=O)(=O)N2C[C@H](C)C[C@@H](C)C2)cc1. The molecule has 0 spiro atoms. The Balaban J connectivity index is 2.12. The van der Waals surface area contributed by atoms with Gasteiger partial charge < -0.3 is 5.32 Å². The number of anilines is 1. The molecule has 1 aromatic rings. The highest BCUT2D eigenvalue weighted by Crippen LogP contribution is 2.27. The monoisotopic (exact) mass is 338 g/mol. The molecule has 23 heavy (non-hydrogen) atoms. The highest BCUT2D eigenvalue weighted by Gasteiger charge is 2.31. The predicted octanol–water partition coefficient (Wildman–Crippen LogP) is 3.09. The molecule has 1 heterocycles. The summed E-state index contributed by atoms with van der Waals surface area (Å²) in [5, 5.41) is 2.77. The molecule has 1 amide bonds. The highest BCUT2D eigenvalue weighted by atomic mass is 32.2. The van der Waals surface area contributed by atoms with E-state index in [0.29, 0.717) is 37.0 Å². The van der Waals surface area contributed by atoms with E-state index >= 15 is 0 Å². The van der Waals surface area contributed by atoms with E-state index in [9.17, 15) is 13.2 Å². The molecule has 1 aliphatic heterocycles. The van der Waals surface area contributed by atoms with Crippen molar-refractivity contribution in [3.63, 3.8) is 0 Å². The standard InChI is InChI=1S/C17H26N2O3S/c1-4-5-17(20)18-15-6-8-16(9-7-15)23(21,22)19-11-13(2)10-14(3)12-19/h6-9,13-14H,4-5,10-12H2,1-3H3,(H,18,20)/t13-,14-/m1/s1. The van der Waals surface area contributed by atoms with Gasteiger partial charge >= 0.3 is 0 Å². The minimum atomic E-state index is -3.46. The molecule has 1 N–H and O–H groups in total. The van der Waals surface area contributed by atoms with Crippen molar-refractivity contribution in [3.8, 4) is 0 Å². The Morgan fingerprint density at radius 1 is 1.17 bits per heavy atom. The van der Waals surface area contributed by atoms with Crippen LogP contribution in [0, 0.1) is 11.8 Å². The van der Waals surface area contributed by atoms with Crippen LogP contribution in [0.1, 0.15) is 40.0 Å². The molecule has 5 nitrogen and oxygen atoms in total. The number of rotatable bonds is 5. The van der Waals surface area contributed by atoms with E-state index in [4.69, 9.17) is 0 Å². The lowest BCUT2D eigenvalue weighted by Gasteiger charge is -2.34. The van der Waals surface area contributed by atoms with Gasteiger partial charge in [0.2, 0.25) is 15.9 Å². The van der Waals surface area contributed by atoms with Gasteiger partial charge in [0.15, 0.2) is 0 Å². The molecular formula is C17H26N2O3S. The fourth-order valence-electron chi connectivity index (χ4n) is 3.11. The van der Waals surface area contributed by atoms with Gasteiger partial charge in [-0.3, -0.25) is 4.79 Å². The second kappa shape index (κ2) is 7.45. The van der Waals surface area contributed by atoms with Crippen molar-refractivity contribution in [2.75, 3.05) is 18.4 Å². The molecule has 6 heteroatoms. The van der Waals surface area contributed by atoms with Crippen molar-refractivity contribution < 1.29 is 13.2 Å². The first-order valence-electron chi connectivity index (χ1n) is 8.23. The molecule has 0 bridgehead atoms. The summed E-state index contributed by atoms with van der Waals surface area (Å²) >= 11 is 0. The molecule has 1 aromatic carbocycles. The summed E-state index contributed by atoms with van der Waals surface area (Å²) in [6, 6.07) is 6.44. The van der Waals surface area contributed by atoms with E-state index in [1.165, 1.54) is 0 Å². The first-order valence-corrected chi connectivity index (χ1v) is 9.67. The average Bonchev–Trinajstić information content (AvgIpc) is 2.47. The Hall–Kier alpha value is -1.40. The molecule has 2 atom stereocenters. The van der Waals surface area contributed by atoms with Gasteiger partial charge in [0.25, 0.3) is 0 Å². The van der Waals surface area contributed by atoms with E-state index in [-0.39, 0.29) is 10.8 Å². The van der Waals surface area contributed by atoms with E-state index in [1.807, 2.05) is 6.92 Å². The summed E-state index contributed by atoms with van der Waals surface area (Å²) in [6.45, 7) is 7.26. The molecule has 1 saturated heterocycles. The maximum atomic E-state index is 12.8. The number of piperidine rings is 1. The Kier molecular flexibility index (Phi) is 5.81. The van der Waals surface area contributed by atoms with Crippen LogP contribution in [0.5, 0.6) is 0 Å². The van der Waals surface area contributed by atoms with Crippen LogP contribution in [0.4, 0.5) is 5.69 Å². The van der Waals surface area contributed by atoms with E-state index < -0.39 is 10.0 Å². The number of sulfonamides is 1. The number of nitrogens with zero attached hydrogens (tertiary/aromatic N) is 1. The number of carbonyl (C=O) groups is 1. The zero-order valence-corrected chi connectivity index (χ0v) is 14.9. The van der Waals surface area contributed by atoms with Crippen molar-refractivity contribution in [1.29, 1.82) is 0 Å². The van der Waals surface area contributed by atoms with Crippen LogP contribution in [0.15, 0.2) is 29.2 Å². The maximum absolute atomic E-state index is 12.8. The van der Waals surface area contributed by atoms with Crippen LogP contribution in [-0.2, 0) is 14.8 Å². The molecule has 2 rings (SSSR count). The summed E-state index contributed by atoms with van der Waals surface area (Å²) in [7, 11) is -3.46. The summed E-state index contributed by atoms with van der Waals surface area (Å²) in [6.07, 6.45) is 2.31. The van der Waals surface area contributed by atoms with Gasteiger partial charge in [-0.15, -0.1) is 0 Å². The Morgan fingerprint density at radius 2 is 1.74 bits per heavy atom. The van der Waals surface area contributed by atoms with Crippen molar-refractivity contribution in [1.82, 2.24) is 4.31 Å². The first kappa shape index (κ1) is 17.9. The third-order valence-corrected chi connectivity index (χ3v) is 5.93. The molecule has 0 radical (unpaired) electrons. The van der Waals surface area contributed by atoms with Gasteiger partial charge in [-0.05, 0) is 48.9 Å². The zero-order chi connectivity index (χ0) is 17.0. The lowest BCUT2D eigenvalue weighted by molar-refractivity contribution is -0.116. The largest absolute Gasteiger partial charge is 0.326 e. The van der Waals surface area contributed by atoms with Crippen molar-refractivity contribution in [3.05, 3.63) is 24.3 Å².